The van der Waals surface area contributed by atoms with E-state index in [1.807, 2.05) is 36.4 Å². The minimum absolute atomic E-state index is 0.414. The Balaban J connectivity index is 1.76. The van der Waals surface area contributed by atoms with Crippen molar-refractivity contribution in [2.75, 3.05) is 5.73 Å². The Labute approximate surface area is 111 Å². The van der Waals surface area contributed by atoms with Gasteiger partial charge in [-0.2, -0.15) is 0 Å². The van der Waals surface area contributed by atoms with Gasteiger partial charge in [-0.15, -0.1) is 0 Å². The predicted molar refractivity (Wildman–Crippen MR) is 76.0 cm³/mol. The molecule has 4 nitrogen and oxygen atoms in total. The van der Waals surface area contributed by atoms with Gasteiger partial charge in [-0.3, -0.25) is 0 Å². The summed E-state index contributed by atoms with van der Waals surface area (Å²) in [4.78, 5) is 7.74. The van der Waals surface area contributed by atoms with Crippen LogP contribution in [0.4, 0.5) is 5.69 Å². The summed E-state index contributed by atoms with van der Waals surface area (Å²) in [7, 11) is 0. The lowest BCUT2D eigenvalue weighted by molar-refractivity contribution is 0.297. The SMILES string of the molecule is Cc1ccc2nc(COc3ccc(N)cc3)[nH]c2c1. The van der Waals surface area contributed by atoms with Crippen molar-refractivity contribution in [2.45, 2.75) is 13.5 Å². The van der Waals surface area contributed by atoms with Gasteiger partial charge in [0.05, 0.1) is 11.0 Å². The predicted octanol–water partition coefficient (Wildman–Crippen LogP) is 3.03. The molecular formula is C15H15N3O. The number of benzene rings is 2. The smallest absolute Gasteiger partial charge is 0.146 e. The Bertz CT molecular complexity index is 701. The molecule has 0 saturated carbocycles. The maximum Gasteiger partial charge on any atom is 0.146 e. The van der Waals surface area contributed by atoms with Crippen molar-refractivity contribution in [1.29, 1.82) is 0 Å². The van der Waals surface area contributed by atoms with Crippen molar-refractivity contribution in [2.24, 2.45) is 0 Å². The summed E-state index contributed by atoms with van der Waals surface area (Å²) in [6, 6.07) is 13.5. The summed E-state index contributed by atoms with van der Waals surface area (Å²) in [6.45, 7) is 2.47. The number of nitrogens with zero attached hydrogens (tertiary/aromatic N) is 1. The van der Waals surface area contributed by atoms with E-state index in [0.717, 1.165) is 28.3 Å². The largest absolute Gasteiger partial charge is 0.486 e. The van der Waals surface area contributed by atoms with E-state index < -0.39 is 0 Å². The number of aryl methyl sites for hydroxylation is 1. The second-order valence-corrected chi connectivity index (χ2v) is 4.56. The van der Waals surface area contributed by atoms with E-state index >= 15 is 0 Å². The quantitative estimate of drug-likeness (QED) is 0.705. The van der Waals surface area contributed by atoms with Crippen LogP contribution >= 0.6 is 0 Å². The maximum atomic E-state index is 5.66. The molecule has 0 aliphatic heterocycles. The lowest BCUT2D eigenvalue weighted by Crippen LogP contribution is -1.97. The number of hydrogen-bond donors (Lipinski definition) is 2. The second-order valence-electron chi connectivity index (χ2n) is 4.56. The molecule has 0 fully saturated rings. The Morgan fingerprint density at radius 2 is 1.95 bits per heavy atom. The normalized spacial score (nSPS) is 10.8. The van der Waals surface area contributed by atoms with Crippen molar-refractivity contribution in [1.82, 2.24) is 9.97 Å². The van der Waals surface area contributed by atoms with Crippen LogP contribution in [0.15, 0.2) is 42.5 Å². The zero-order valence-electron chi connectivity index (χ0n) is 10.7. The van der Waals surface area contributed by atoms with E-state index in [9.17, 15) is 0 Å². The Hall–Kier alpha value is -2.49. The van der Waals surface area contributed by atoms with Gasteiger partial charge in [0.25, 0.3) is 0 Å². The van der Waals surface area contributed by atoms with Crippen molar-refractivity contribution in [3.8, 4) is 5.75 Å². The summed E-state index contributed by atoms with van der Waals surface area (Å²) in [5.74, 6) is 1.60. The van der Waals surface area contributed by atoms with Crippen molar-refractivity contribution in [3.63, 3.8) is 0 Å². The molecule has 0 aliphatic carbocycles. The lowest BCUT2D eigenvalue weighted by Gasteiger charge is -2.03. The molecule has 3 N–H and O–H groups in total. The van der Waals surface area contributed by atoms with Crippen LogP contribution in [0, 0.1) is 6.92 Å². The van der Waals surface area contributed by atoms with Gasteiger partial charge in [0.2, 0.25) is 0 Å². The monoisotopic (exact) mass is 253 g/mol. The van der Waals surface area contributed by atoms with Gasteiger partial charge in [0, 0.05) is 5.69 Å². The van der Waals surface area contributed by atoms with Crippen LogP contribution in [0.3, 0.4) is 0 Å². The highest BCUT2D eigenvalue weighted by molar-refractivity contribution is 5.75. The number of aromatic nitrogens is 2. The van der Waals surface area contributed by atoms with Gasteiger partial charge in [-0.25, -0.2) is 4.98 Å². The summed E-state index contributed by atoms with van der Waals surface area (Å²) in [5, 5.41) is 0. The molecule has 0 unspecified atom stereocenters. The minimum Gasteiger partial charge on any atom is -0.486 e. The van der Waals surface area contributed by atoms with Crippen LogP contribution in [0.5, 0.6) is 5.75 Å². The third-order valence-corrected chi connectivity index (χ3v) is 2.94. The number of hydrogen-bond acceptors (Lipinski definition) is 3. The molecule has 3 rings (SSSR count). The number of ether oxygens (including phenoxy) is 1. The first-order chi connectivity index (χ1) is 9.20. The number of fused-ring (bicyclic) bond motifs is 1. The van der Waals surface area contributed by atoms with Gasteiger partial charge in [-0.1, -0.05) is 6.07 Å². The fraction of sp³-hybridized carbons (Fsp3) is 0.133. The fourth-order valence-electron chi connectivity index (χ4n) is 1.96. The van der Waals surface area contributed by atoms with Gasteiger partial charge in [0.15, 0.2) is 0 Å². The molecule has 0 spiro atoms. The fourth-order valence-corrected chi connectivity index (χ4v) is 1.96. The minimum atomic E-state index is 0.414. The maximum absolute atomic E-state index is 5.66. The summed E-state index contributed by atoms with van der Waals surface area (Å²) in [6.07, 6.45) is 0. The van der Waals surface area contributed by atoms with Crippen molar-refractivity contribution in [3.05, 3.63) is 53.9 Å². The topological polar surface area (TPSA) is 63.9 Å². The first kappa shape index (κ1) is 11.6. The van der Waals surface area contributed by atoms with E-state index in [1.54, 1.807) is 0 Å². The molecule has 96 valence electrons. The Morgan fingerprint density at radius 1 is 1.16 bits per heavy atom. The zero-order chi connectivity index (χ0) is 13.2. The second kappa shape index (κ2) is 4.65. The molecule has 0 aliphatic rings. The van der Waals surface area contributed by atoms with Crippen LogP contribution in [-0.2, 0) is 6.61 Å². The van der Waals surface area contributed by atoms with E-state index in [-0.39, 0.29) is 0 Å². The average molecular weight is 253 g/mol. The summed E-state index contributed by atoms with van der Waals surface area (Å²) >= 11 is 0. The first-order valence-electron chi connectivity index (χ1n) is 6.14. The Morgan fingerprint density at radius 3 is 2.74 bits per heavy atom. The number of anilines is 1. The number of aromatic amines is 1. The van der Waals surface area contributed by atoms with E-state index in [2.05, 4.69) is 23.0 Å². The third-order valence-electron chi connectivity index (χ3n) is 2.94. The molecule has 0 bridgehead atoms. The molecule has 19 heavy (non-hydrogen) atoms. The van der Waals surface area contributed by atoms with Gasteiger partial charge in [-0.05, 0) is 48.9 Å². The zero-order valence-corrected chi connectivity index (χ0v) is 10.7. The first-order valence-corrected chi connectivity index (χ1v) is 6.14. The Kier molecular flexibility index (Phi) is 2.83. The number of nitrogen functional groups attached to an aromatic ring is 1. The van der Waals surface area contributed by atoms with Crippen LogP contribution in [0.2, 0.25) is 0 Å². The molecule has 0 radical (unpaired) electrons. The van der Waals surface area contributed by atoms with E-state index in [4.69, 9.17) is 10.5 Å². The molecule has 1 aromatic heterocycles. The molecule has 4 heteroatoms. The van der Waals surface area contributed by atoms with Crippen LogP contribution in [0.1, 0.15) is 11.4 Å². The van der Waals surface area contributed by atoms with Crippen molar-refractivity contribution < 1.29 is 4.74 Å². The molecule has 0 saturated heterocycles. The highest BCUT2D eigenvalue weighted by Gasteiger charge is 2.03. The highest BCUT2D eigenvalue weighted by atomic mass is 16.5. The number of H-pyrrole nitrogens is 1. The summed E-state index contributed by atoms with van der Waals surface area (Å²) in [5.41, 5.74) is 9.56. The van der Waals surface area contributed by atoms with E-state index in [0.29, 0.717) is 6.61 Å². The average Bonchev–Trinajstić information content (AvgIpc) is 2.80. The molecular weight excluding hydrogens is 238 g/mol. The lowest BCUT2D eigenvalue weighted by atomic mass is 10.2. The molecule has 0 amide bonds. The summed E-state index contributed by atoms with van der Waals surface area (Å²) < 4.78 is 5.66. The number of rotatable bonds is 3. The van der Waals surface area contributed by atoms with Crippen LogP contribution in [0.25, 0.3) is 11.0 Å². The number of nitrogens with two attached hydrogens (primary N) is 1. The van der Waals surface area contributed by atoms with Gasteiger partial charge >= 0.3 is 0 Å². The van der Waals surface area contributed by atoms with Gasteiger partial charge in [0.1, 0.15) is 18.2 Å². The highest BCUT2D eigenvalue weighted by Crippen LogP contribution is 2.16. The number of imidazole rings is 1. The number of nitrogens with one attached hydrogen (secondary N) is 1. The molecule has 3 aromatic rings. The van der Waals surface area contributed by atoms with Crippen molar-refractivity contribution >= 4 is 16.7 Å². The molecule has 0 atom stereocenters. The molecule has 1 heterocycles. The van der Waals surface area contributed by atoms with Gasteiger partial charge < -0.3 is 15.5 Å². The molecule has 2 aromatic carbocycles. The van der Waals surface area contributed by atoms with E-state index in [1.165, 1.54) is 5.56 Å². The third kappa shape index (κ3) is 2.52. The standard InChI is InChI=1S/C15H15N3O/c1-10-2-7-13-14(8-10)18-15(17-13)9-19-12-5-3-11(16)4-6-12/h2-8H,9,16H2,1H3,(H,17,18). The van der Waals surface area contributed by atoms with Crippen LogP contribution < -0.4 is 10.5 Å². The van der Waals surface area contributed by atoms with Crippen LogP contribution in [-0.4, -0.2) is 9.97 Å².